The van der Waals surface area contributed by atoms with Gasteiger partial charge in [-0.25, -0.2) is 4.98 Å². The molecule has 0 saturated carbocycles. The molecule has 0 spiro atoms. The highest BCUT2D eigenvalue weighted by Gasteiger charge is 2.10. The van der Waals surface area contributed by atoms with Gasteiger partial charge in [0.1, 0.15) is 0 Å². The second-order valence-corrected chi connectivity index (χ2v) is 5.46. The lowest BCUT2D eigenvalue weighted by Gasteiger charge is -2.19. The molecule has 0 aromatic carbocycles. The molecule has 0 fully saturated rings. The molecule has 1 aromatic rings. The lowest BCUT2D eigenvalue weighted by molar-refractivity contribution is -0.00723. The number of hydrogen-bond donors (Lipinski definition) is 0. The van der Waals surface area contributed by atoms with Gasteiger partial charge in [0.25, 0.3) is 5.56 Å². The number of nitrogens with zero attached hydrogens (tertiary/aromatic N) is 2. The molecule has 0 radical (unpaired) electrons. The average Bonchev–Trinajstić information content (AvgIpc) is 2.18. The molecule has 0 N–H and O–H groups in total. The van der Waals surface area contributed by atoms with Crippen molar-refractivity contribution in [3.8, 4) is 0 Å². The molecule has 1 rings (SSSR count). The Morgan fingerprint density at radius 1 is 1.41 bits per heavy atom. The van der Waals surface area contributed by atoms with Crippen molar-refractivity contribution < 1.29 is 4.74 Å². The van der Waals surface area contributed by atoms with Crippen molar-refractivity contribution in [2.24, 2.45) is 0 Å². The van der Waals surface area contributed by atoms with Crippen LogP contribution >= 0.6 is 0 Å². The van der Waals surface area contributed by atoms with Crippen molar-refractivity contribution in [1.82, 2.24) is 9.55 Å². The van der Waals surface area contributed by atoms with Gasteiger partial charge >= 0.3 is 0 Å². The van der Waals surface area contributed by atoms with E-state index in [4.69, 9.17) is 4.74 Å². The Morgan fingerprint density at radius 3 is 2.53 bits per heavy atom. The number of hydrogen-bond acceptors (Lipinski definition) is 3. The number of rotatable bonds is 4. The highest BCUT2D eigenvalue weighted by Crippen LogP contribution is 2.08. The zero-order valence-corrected chi connectivity index (χ0v) is 11.4. The summed E-state index contributed by atoms with van der Waals surface area (Å²) in [6.07, 6.45) is 1.60. The third-order valence-corrected chi connectivity index (χ3v) is 2.36. The van der Waals surface area contributed by atoms with Gasteiger partial charge in [-0.15, -0.1) is 0 Å². The maximum atomic E-state index is 11.8. The van der Waals surface area contributed by atoms with Crippen molar-refractivity contribution >= 4 is 0 Å². The summed E-state index contributed by atoms with van der Waals surface area (Å²) in [6, 6.07) is 1.60. The Morgan fingerprint density at radius 2 is 2.06 bits per heavy atom. The van der Waals surface area contributed by atoms with Crippen LogP contribution < -0.4 is 5.56 Å². The van der Waals surface area contributed by atoms with Gasteiger partial charge in [-0.05, 0) is 26.7 Å². The van der Waals surface area contributed by atoms with Crippen LogP contribution in [0.1, 0.15) is 46.2 Å². The molecule has 0 atom stereocenters. The van der Waals surface area contributed by atoms with Gasteiger partial charge in [-0.2, -0.15) is 0 Å². The smallest absolute Gasteiger partial charge is 0.253 e. The van der Waals surface area contributed by atoms with E-state index in [9.17, 15) is 4.79 Å². The van der Waals surface area contributed by atoms with Crippen molar-refractivity contribution in [3.63, 3.8) is 0 Å². The maximum Gasteiger partial charge on any atom is 0.253 e. The Labute approximate surface area is 103 Å². The fourth-order valence-electron chi connectivity index (χ4n) is 1.37. The van der Waals surface area contributed by atoms with Gasteiger partial charge in [0, 0.05) is 6.07 Å². The van der Waals surface area contributed by atoms with Gasteiger partial charge in [0.05, 0.1) is 30.8 Å². The summed E-state index contributed by atoms with van der Waals surface area (Å²) in [6.45, 7) is 11.1. The van der Waals surface area contributed by atoms with Crippen molar-refractivity contribution in [2.45, 2.75) is 52.7 Å². The van der Waals surface area contributed by atoms with Crippen LogP contribution in [-0.2, 0) is 11.3 Å². The van der Waals surface area contributed by atoms with Crippen molar-refractivity contribution in [2.75, 3.05) is 6.61 Å². The zero-order valence-electron chi connectivity index (χ0n) is 11.4. The summed E-state index contributed by atoms with van der Waals surface area (Å²) < 4.78 is 7.16. The highest BCUT2D eigenvalue weighted by molar-refractivity contribution is 5.04. The molecule has 0 aliphatic heterocycles. The van der Waals surface area contributed by atoms with Crippen molar-refractivity contribution in [3.05, 3.63) is 28.4 Å². The fourth-order valence-corrected chi connectivity index (χ4v) is 1.37. The van der Waals surface area contributed by atoms with Crippen LogP contribution in [0.4, 0.5) is 0 Å². The van der Waals surface area contributed by atoms with E-state index < -0.39 is 0 Å². The van der Waals surface area contributed by atoms with E-state index in [-0.39, 0.29) is 17.1 Å². The molecule has 0 unspecified atom stereocenters. The molecule has 4 nitrogen and oxygen atoms in total. The zero-order chi connectivity index (χ0) is 13.1. The Hall–Kier alpha value is -1.16. The molecule has 0 aliphatic rings. The first-order chi connectivity index (χ1) is 7.79. The first-order valence-electron chi connectivity index (χ1n) is 6.00. The monoisotopic (exact) mass is 238 g/mol. The molecule has 0 aliphatic carbocycles. The minimum Gasteiger partial charge on any atom is -0.374 e. The lowest BCUT2D eigenvalue weighted by Crippen LogP contribution is -2.27. The van der Waals surface area contributed by atoms with Crippen LogP contribution in [0.5, 0.6) is 0 Å². The summed E-state index contributed by atoms with van der Waals surface area (Å²) >= 11 is 0. The van der Waals surface area contributed by atoms with E-state index in [1.165, 1.54) is 0 Å². The largest absolute Gasteiger partial charge is 0.374 e. The predicted molar refractivity (Wildman–Crippen MR) is 68.3 cm³/mol. The number of aromatic nitrogens is 2. The minimum atomic E-state index is -0.172. The fraction of sp³-hybridized carbons (Fsp3) is 0.692. The van der Waals surface area contributed by atoms with Crippen LogP contribution in [0.15, 0.2) is 17.2 Å². The normalized spacial score (nSPS) is 12.1. The van der Waals surface area contributed by atoms with Gasteiger partial charge in [-0.3, -0.25) is 9.36 Å². The van der Waals surface area contributed by atoms with Crippen LogP contribution in [0.3, 0.4) is 0 Å². The van der Waals surface area contributed by atoms with Crippen LogP contribution in [0.2, 0.25) is 0 Å². The SMILES string of the molecule is CC(C)c1cc(=O)n(CCOC(C)(C)C)cn1. The Balaban J connectivity index is 2.64. The second-order valence-electron chi connectivity index (χ2n) is 5.46. The summed E-state index contributed by atoms with van der Waals surface area (Å²) in [7, 11) is 0. The molecule has 0 saturated heterocycles. The third kappa shape index (κ3) is 4.69. The lowest BCUT2D eigenvalue weighted by atomic mass is 10.1. The van der Waals surface area contributed by atoms with Crippen LogP contribution in [0.25, 0.3) is 0 Å². The van der Waals surface area contributed by atoms with Gasteiger partial charge < -0.3 is 4.74 Å². The van der Waals surface area contributed by atoms with E-state index in [0.29, 0.717) is 13.2 Å². The van der Waals surface area contributed by atoms with Crippen molar-refractivity contribution in [1.29, 1.82) is 0 Å². The highest BCUT2D eigenvalue weighted by atomic mass is 16.5. The van der Waals surface area contributed by atoms with Gasteiger partial charge in [-0.1, -0.05) is 13.8 Å². The third-order valence-electron chi connectivity index (χ3n) is 2.36. The molecule has 0 bridgehead atoms. The molecule has 0 amide bonds. The number of ether oxygens (including phenoxy) is 1. The standard InChI is InChI=1S/C13H22N2O2/c1-10(2)11-8-12(16)15(9-14-11)6-7-17-13(3,4)5/h8-10H,6-7H2,1-5H3. The molecule has 4 heteroatoms. The molecule has 1 heterocycles. The topological polar surface area (TPSA) is 44.1 Å². The van der Waals surface area contributed by atoms with E-state index in [2.05, 4.69) is 4.98 Å². The molecular weight excluding hydrogens is 216 g/mol. The first-order valence-corrected chi connectivity index (χ1v) is 6.00. The average molecular weight is 238 g/mol. The summed E-state index contributed by atoms with van der Waals surface area (Å²) in [5.74, 6) is 0.281. The van der Waals surface area contributed by atoms with E-state index in [1.807, 2.05) is 34.6 Å². The quantitative estimate of drug-likeness (QED) is 0.807. The van der Waals surface area contributed by atoms with Crippen LogP contribution in [0, 0.1) is 0 Å². The predicted octanol–water partition coefficient (Wildman–Crippen LogP) is 2.18. The maximum absolute atomic E-state index is 11.8. The van der Waals surface area contributed by atoms with Gasteiger partial charge in [0.2, 0.25) is 0 Å². The first kappa shape index (κ1) is 13.9. The van der Waals surface area contributed by atoms with Crippen LogP contribution in [-0.4, -0.2) is 21.8 Å². The minimum absolute atomic E-state index is 0.0128. The van der Waals surface area contributed by atoms with E-state index >= 15 is 0 Å². The summed E-state index contributed by atoms with van der Waals surface area (Å²) in [5.41, 5.74) is 0.652. The van der Waals surface area contributed by atoms with E-state index in [0.717, 1.165) is 5.69 Å². The van der Waals surface area contributed by atoms with E-state index in [1.54, 1.807) is 17.0 Å². The molecule has 1 aromatic heterocycles. The molecule has 17 heavy (non-hydrogen) atoms. The molecular formula is C13H22N2O2. The Bertz CT molecular complexity index is 416. The van der Waals surface area contributed by atoms with Gasteiger partial charge in [0.15, 0.2) is 0 Å². The second kappa shape index (κ2) is 5.45. The Kier molecular flexibility index (Phi) is 4.46. The summed E-state index contributed by atoms with van der Waals surface area (Å²) in [4.78, 5) is 16.0. The summed E-state index contributed by atoms with van der Waals surface area (Å²) in [5, 5.41) is 0. The molecule has 96 valence electrons.